The normalized spacial score (nSPS) is 16.7. The lowest BCUT2D eigenvalue weighted by Gasteiger charge is -2.28. The number of anilines is 2. The smallest absolute Gasteiger partial charge is 0.103 e. The maximum atomic E-state index is 9.80. The highest BCUT2D eigenvalue weighted by Crippen LogP contribution is 2.38. The minimum atomic E-state index is 0.447. The molecule has 0 spiro atoms. The molecule has 0 unspecified atom stereocenters. The Morgan fingerprint density at radius 3 is 2.35 bits per heavy atom. The molecule has 7 nitrogen and oxygen atoms in total. The maximum absolute atomic E-state index is 9.80. The molecule has 0 radical (unpaired) electrons. The van der Waals surface area contributed by atoms with Crippen LogP contribution in [0.3, 0.4) is 0 Å². The second-order valence-corrected chi connectivity index (χ2v) is 12.0. The number of ether oxygens (including phenoxy) is 2. The van der Waals surface area contributed by atoms with Crippen molar-refractivity contribution in [3.05, 3.63) is 74.7 Å². The number of halogens is 2. The Balaban J connectivity index is 1.34. The number of nitrogens with zero attached hydrogens (tertiary/aromatic N) is 4. The molecule has 2 aliphatic rings. The van der Waals surface area contributed by atoms with E-state index in [1.807, 2.05) is 23.5 Å². The highest BCUT2D eigenvalue weighted by Gasteiger charge is 2.20. The van der Waals surface area contributed by atoms with Crippen molar-refractivity contribution in [3.63, 3.8) is 0 Å². The standard InChI is InChI=1S/C30H29Cl2N5O2S/c31-23-2-4-26(25(32)15-23)35-30-22(16-33)17-34-27-13-20(1-3-24(27)30)28-14-21(18-36-5-9-38-10-6-36)29(40-28)19-37-7-11-39-12-8-37/h1-4,13-15,17H,5-12,18-19H2,(H,34,35). The van der Waals surface area contributed by atoms with Crippen molar-refractivity contribution in [2.45, 2.75) is 13.1 Å². The van der Waals surface area contributed by atoms with E-state index in [1.54, 1.807) is 18.3 Å². The summed E-state index contributed by atoms with van der Waals surface area (Å²) >= 11 is 14.4. The van der Waals surface area contributed by atoms with E-state index in [1.165, 1.54) is 15.3 Å². The van der Waals surface area contributed by atoms with Crippen LogP contribution in [0.15, 0.2) is 48.7 Å². The zero-order valence-corrected chi connectivity index (χ0v) is 24.3. The number of fused-ring (bicyclic) bond motifs is 1. The van der Waals surface area contributed by atoms with E-state index in [9.17, 15) is 5.26 Å². The van der Waals surface area contributed by atoms with Crippen LogP contribution < -0.4 is 5.32 Å². The maximum Gasteiger partial charge on any atom is 0.103 e. The molecule has 2 aromatic heterocycles. The van der Waals surface area contributed by atoms with Gasteiger partial charge >= 0.3 is 0 Å². The highest BCUT2D eigenvalue weighted by molar-refractivity contribution is 7.15. The van der Waals surface area contributed by atoms with Gasteiger partial charge in [-0.05, 0) is 41.5 Å². The van der Waals surface area contributed by atoms with Crippen LogP contribution >= 0.6 is 34.5 Å². The van der Waals surface area contributed by atoms with Gasteiger partial charge in [-0.25, -0.2) is 0 Å². The molecule has 2 fully saturated rings. The number of thiophene rings is 1. The third kappa shape index (κ3) is 6.12. The fraction of sp³-hybridized carbons (Fsp3) is 0.333. The Hall–Kier alpha value is -2.74. The van der Waals surface area contributed by atoms with E-state index in [-0.39, 0.29) is 0 Å². The SMILES string of the molecule is N#Cc1cnc2cc(-c3cc(CN4CCOCC4)c(CN4CCOCC4)s3)ccc2c1Nc1ccc(Cl)cc1Cl. The van der Waals surface area contributed by atoms with Crippen LogP contribution in [-0.4, -0.2) is 67.4 Å². The molecule has 6 rings (SSSR count). The average Bonchev–Trinajstić information content (AvgIpc) is 3.37. The van der Waals surface area contributed by atoms with Crippen molar-refractivity contribution in [1.82, 2.24) is 14.8 Å². The monoisotopic (exact) mass is 593 g/mol. The molecule has 2 aliphatic heterocycles. The Morgan fingerprint density at radius 1 is 0.925 bits per heavy atom. The van der Waals surface area contributed by atoms with Gasteiger partial charge in [0.15, 0.2) is 0 Å². The molecule has 0 atom stereocenters. The second-order valence-electron chi connectivity index (χ2n) is 9.98. The van der Waals surface area contributed by atoms with Crippen molar-refractivity contribution in [1.29, 1.82) is 5.26 Å². The third-order valence-electron chi connectivity index (χ3n) is 7.33. The second kappa shape index (κ2) is 12.4. The number of hydrogen-bond donors (Lipinski definition) is 1. The predicted molar refractivity (Wildman–Crippen MR) is 162 cm³/mol. The van der Waals surface area contributed by atoms with Gasteiger partial charge in [0.1, 0.15) is 6.07 Å². The van der Waals surface area contributed by atoms with Crippen LogP contribution in [-0.2, 0) is 22.6 Å². The Labute approximate surface area is 247 Å². The molecular weight excluding hydrogens is 565 g/mol. The summed E-state index contributed by atoms with van der Waals surface area (Å²) in [5.41, 5.74) is 5.10. The van der Waals surface area contributed by atoms with Crippen LogP contribution in [0.1, 0.15) is 16.0 Å². The number of morpholine rings is 2. The summed E-state index contributed by atoms with van der Waals surface area (Å²) in [5.74, 6) is 0. The number of rotatable bonds is 7. The van der Waals surface area contributed by atoms with Gasteiger partial charge in [0.05, 0.1) is 53.9 Å². The van der Waals surface area contributed by atoms with E-state index in [0.717, 1.165) is 82.2 Å². The van der Waals surface area contributed by atoms with E-state index in [4.69, 9.17) is 32.7 Å². The molecule has 4 aromatic rings. The summed E-state index contributed by atoms with van der Waals surface area (Å²) in [7, 11) is 0. The molecule has 4 heterocycles. The van der Waals surface area contributed by atoms with Crippen LogP contribution in [0, 0.1) is 11.3 Å². The molecule has 2 saturated heterocycles. The first kappa shape index (κ1) is 27.4. The summed E-state index contributed by atoms with van der Waals surface area (Å²) in [4.78, 5) is 12.2. The van der Waals surface area contributed by atoms with E-state index in [0.29, 0.717) is 27.0 Å². The van der Waals surface area contributed by atoms with Crippen LogP contribution in [0.4, 0.5) is 11.4 Å². The first-order valence-corrected chi connectivity index (χ1v) is 14.9. The number of pyridine rings is 1. The topological polar surface area (TPSA) is 73.7 Å². The molecule has 2 aromatic carbocycles. The summed E-state index contributed by atoms with van der Waals surface area (Å²) < 4.78 is 11.1. The fourth-order valence-electron chi connectivity index (χ4n) is 5.13. The van der Waals surface area contributed by atoms with Gasteiger partial charge in [-0.1, -0.05) is 35.3 Å². The van der Waals surface area contributed by atoms with Crippen LogP contribution in [0.2, 0.25) is 10.0 Å². The quantitative estimate of drug-likeness (QED) is 0.260. The first-order valence-electron chi connectivity index (χ1n) is 13.3. The average molecular weight is 595 g/mol. The number of hydrogen-bond acceptors (Lipinski definition) is 8. The van der Waals surface area contributed by atoms with Gasteiger partial charge in [0.2, 0.25) is 0 Å². The van der Waals surface area contributed by atoms with Gasteiger partial charge in [-0.3, -0.25) is 14.8 Å². The number of aromatic nitrogens is 1. The van der Waals surface area contributed by atoms with Gasteiger partial charge in [-0.15, -0.1) is 11.3 Å². The molecule has 0 saturated carbocycles. The van der Waals surface area contributed by atoms with Crippen molar-refractivity contribution in [3.8, 4) is 16.5 Å². The predicted octanol–water partition coefficient (Wildman–Crippen LogP) is 6.55. The molecule has 1 N–H and O–H groups in total. The minimum Gasteiger partial charge on any atom is -0.379 e. The molecule has 0 aliphatic carbocycles. The van der Waals surface area contributed by atoms with Crippen LogP contribution in [0.25, 0.3) is 21.3 Å². The van der Waals surface area contributed by atoms with Crippen LogP contribution in [0.5, 0.6) is 0 Å². The summed E-state index contributed by atoms with van der Waals surface area (Å²) in [6.07, 6.45) is 1.61. The largest absolute Gasteiger partial charge is 0.379 e. The van der Waals surface area contributed by atoms with E-state index in [2.05, 4.69) is 44.4 Å². The third-order valence-corrected chi connectivity index (χ3v) is 9.09. The Kier molecular flexibility index (Phi) is 8.51. The lowest BCUT2D eigenvalue weighted by Crippen LogP contribution is -2.37. The fourth-order valence-corrected chi connectivity index (χ4v) is 6.80. The van der Waals surface area contributed by atoms with Gasteiger partial charge in [-0.2, -0.15) is 5.26 Å². The lowest BCUT2D eigenvalue weighted by atomic mass is 10.1. The van der Waals surface area contributed by atoms with Gasteiger partial charge in [0.25, 0.3) is 0 Å². The molecule has 206 valence electrons. The summed E-state index contributed by atoms with van der Waals surface area (Å²) in [6, 6.07) is 16.1. The number of benzene rings is 2. The molecule has 40 heavy (non-hydrogen) atoms. The van der Waals surface area contributed by atoms with Gasteiger partial charge < -0.3 is 14.8 Å². The van der Waals surface area contributed by atoms with Crippen molar-refractivity contribution < 1.29 is 9.47 Å². The Bertz CT molecular complexity index is 1520. The summed E-state index contributed by atoms with van der Waals surface area (Å²) in [5, 5.41) is 15.0. The van der Waals surface area contributed by atoms with E-state index < -0.39 is 0 Å². The van der Waals surface area contributed by atoms with E-state index >= 15 is 0 Å². The molecule has 10 heteroatoms. The van der Waals surface area contributed by atoms with Gasteiger partial charge in [0, 0.05) is 65.6 Å². The zero-order valence-electron chi connectivity index (χ0n) is 22.0. The molecule has 0 bridgehead atoms. The first-order chi connectivity index (χ1) is 19.6. The zero-order chi connectivity index (χ0) is 27.5. The van der Waals surface area contributed by atoms with Crippen molar-refractivity contribution >= 4 is 56.8 Å². The Morgan fingerprint density at radius 2 is 1.65 bits per heavy atom. The highest BCUT2D eigenvalue weighted by atomic mass is 35.5. The summed E-state index contributed by atoms with van der Waals surface area (Å²) in [6.45, 7) is 8.83. The molecular formula is C30H29Cl2N5O2S. The van der Waals surface area contributed by atoms with Crippen molar-refractivity contribution in [2.24, 2.45) is 0 Å². The van der Waals surface area contributed by atoms with Crippen molar-refractivity contribution in [2.75, 3.05) is 57.9 Å². The molecule has 0 amide bonds. The lowest BCUT2D eigenvalue weighted by molar-refractivity contribution is 0.0313. The number of nitriles is 1. The minimum absolute atomic E-state index is 0.447. The number of nitrogens with one attached hydrogen (secondary N) is 1.